The second-order valence-electron chi connectivity index (χ2n) is 5.98. The molecule has 0 fully saturated rings. The Balaban J connectivity index is 0.00000280. The number of anilines is 2. The van der Waals surface area contributed by atoms with Gasteiger partial charge in [0, 0.05) is 18.2 Å². The van der Waals surface area contributed by atoms with Gasteiger partial charge in [-0.3, -0.25) is 0 Å². The lowest BCUT2D eigenvalue weighted by Gasteiger charge is -2.10. The highest BCUT2D eigenvalue weighted by Gasteiger charge is 2.14. The van der Waals surface area contributed by atoms with Gasteiger partial charge in [-0.15, -0.1) is 12.4 Å². The Labute approximate surface area is 167 Å². The summed E-state index contributed by atoms with van der Waals surface area (Å²) in [5.74, 6) is 1.13. The van der Waals surface area contributed by atoms with Crippen LogP contribution in [0.15, 0.2) is 53.1 Å². The number of nitrogens with one attached hydrogen (secondary N) is 2. The summed E-state index contributed by atoms with van der Waals surface area (Å²) >= 11 is 0. The van der Waals surface area contributed by atoms with Crippen molar-refractivity contribution in [2.24, 2.45) is 0 Å². The molecule has 1 heterocycles. The van der Waals surface area contributed by atoms with E-state index in [-0.39, 0.29) is 24.2 Å². The lowest BCUT2D eigenvalue weighted by atomic mass is 10.1. The van der Waals surface area contributed by atoms with E-state index in [1.807, 2.05) is 38.2 Å². The van der Waals surface area contributed by atoms with Crippen LogP contribution < -0.4 is 15.4 Å². The van der Waals surface area contributed by atoms with E-state index >= 15 is 0 Å². The van der Waals surface area contributed by atoms with Crippen molar-refractivity contribution in [1.82, 2.24) is 15.5 Å². The largest absolute Gasteiger partial charge is 0.435 e. The highest BCUT2D eigenvalue weighted by atomic mass is 35.5. The molecule has 0 saturated heterocycles. The minimum Gasteiger partial charge on any atom is -0.435 e. The van der Waals surface area contributed by atoms with Crippen molar-refractivity contribution < 1.29 is 18.0 Å². The summed E-state index contributed by atoms with van der Waals surface area (Å²) in [4.78, 5) is 4.46. The molecule has 3 rings (SSSR count). The van der Waals surface area contributed by atoms with Crippen molar-refractivity contribution in [2.45, 2.75) is 26.0 Å². The van der Waals surface area contributed by atoms with Crippen LogP contribution in [0.3, 0.4) is 0 Å². The second-order valence-corrected chi connectivity index (χ2v) is 5.98. The molecule has 0 amide bonds. The molecule has 2 N–H and O–H groups in total. The molecule has 0 aliphatic heterocycles. The standard InChI is InChI=1S/C19H20F2N4O2.ClH/c1-12(22-2)11-17-24-18(27-25-17)15-5-3-4-6-16(15)23-13-7-9-14(10-8-13)26-19(20)21;/h3-10,12,19,22-23H,11H2,1-2H3;1H. The number of ether oxygens (including phenoxy) is 1. The Bertz CT molecular complexity index is 874. The molecular formula is C19H21ClF2N4O2. The lowest BCUT2D eigenvalue weighted by molar-refractivity contribution is -0.0498. The van der Waals surface area contributed by atoms with Crippen molar-refractivity contribution in [1.29, 1.82) is 0 Å². The van der Waals surface area contributed by atoms with Crippen molar-refractivity contribution in [3.8, 4) is 17.2 Å². The Morgan fingerprint density at radius 3 is 2.50 bits per heavy atom. The smallest absolute Gasteiger partial charge is 0.387 e. The van der Waals surface area contributed by atoms with E-state index in [0.29, 0.717) is 23.8 Å². The minimum absolute atomic E-state index is 0. The summed E-state index contributed by atoms with van der Waals surface area (Å²) in [5.41, 5.74) is 2.23. The van der Waals surface area contributed by atoms with Crippen LogP contribution in [-0.2, 0) is 6.42 Å². The molecule has 1 atom stereocenters. The second kappa shape index (κ2) is 10.0. The van der Waals surface area contributed by atoms with E-state index in [1.165, 1.54) is 12.1 Å². The number of hydrogen-bond acceptors (Lipinski definition) is 6. The first-order valence-corrected chi connectivity index (χ1v) is 8.46. The number of halogens is 3. The molecule has 28 heavy (non-hydrogen) atoms. The SMILES string of the molecule is CNC(C)Cc1noc(-c2ccccc2Nc2ccc(OC(F)F)cc2)n1.Cl. The highest BCUT2D eigenvalue weighted by molar-refractivity contribution is 5.85. The molecule has 0 bridgehead atoms. The molecule has 0 aliphatic rings. The third kappa shape index (κ3) is 5.64. The molecule has 150 valence electrons. The fourth-order valence-electron chi connectivity index (χ4n) is 2.48. The zero-order valence-electron chi connectivity index (χ0n) is 15.4. The lowest BCUT2D eigenvalue weighted by Crippen LogP contribution is -2.24. The summed E-state index contributed by atoms with van der Waals surface area (Å²) in [5, 5.41) is 10.4. The number of hydrogen-bond donors (Lipinski definition) is 2. The average molecular weight is 411 g/mol. The molecule has 0 radical (unpaired) electrons. The summed E-state index contributed by atoms with van der Waals surface area (Å²) < 4.78 is 34.3. The molecule has 9 heteroatoms. The van der Waals surface area contributed by atoms with Crippen LogP contribution in [0.1, 0.15) is 12.7 Å². The van der Waals surface area contributed by atoms with Crippen molar-refractivity contribution in [2.75, 3.05) is 12.4 Å². The molecule has 6 nitrogen and oxygen atoms in total. The molecule has 1 unspecified atom stereocenters. The van der Waals surface area contributed by atoms with Crippen LogP contribution in [-0.4, -0.2) is 29.8 Å². The third-order valence-corrected chi connectivity index (χ3v) is 3.97. The van der Waals surface area contributed by atoms with Crippen LogP contribution in [0.4, 0.5) is 20.2 Å². The first kappa shape index (κ1) is 21.6. The van der Waals surface area contributed by atoms with E-state index < -0.39 is 6.61 Å². The maximum absolute atomic E-state index is 12.2. The van der Waals surface area contributed by atoms with E-state index in [2.05, 4.69) is 25.5 Å². The van der Waals surface area contributed by atoms with Gasteiger partial charge >= 0.3 is 6.61 Å². The number of likely N-dealkylation sites (N-methyl/N-ethyl adjacent to an activating group) is 1. The maximum Gasteiger partial charge on any atom is 0.387 e. The Morgan fingerprint density at radius 1 is 1.11 bits per heavy atom. The quantitative estimate of drug-likeness (QED) is 0.563. The van der Waals surface area contributed by atoms with E-state index in [4.69, 9.17) is 4.52 Å². The van der Waals surface area contributed by atoms with Crippen LogP contribution in [0.5, 0.6) is 5.75 Å². The third-order valence-electron chi connectivity index (χ3n) is 3.97. The topological polar surface area (TPSA) is 72.2 Å². The normalized spacial score (nSPS) is 11.8. The van der Waals surface area contributed by atoms with Gasteiger partial charge in [0.05, 0.1) is 11.3 Å². The van der Waals surface area contributed by atoms with Gasteiger partial charge in [-0.05, 0) is 50.4 Å². The Morgan fingerprint density at radius 2 is 1.82 bits per heavy atom. The first-order valence-electron chi connectivity index (χ1n) is 8.46. The number of rotatable bonds is 8. The number of nitrogens with zero attached hydrogens (tertiary/aromatic N) is 2. The number of alkyl halides is 2. The fourth-order valence-corrected chi connectivity index (χ4v) is 2.48. The first-order chi connectivity index (χ1) is 13.0. The zero-order chi connectivity index (χ0) is 19.2. The van der Waals surface area contributed by atoms with Gasteiger partial charge in [0.2, 0.25) is 0 Å². The van der Waals surface area contributed by atoms with Gasteiger partial charge in [0.1, 0.15) is 5.75 Å². The number of para-hydroxylation sites is 1. The van der Waals surface area contributed by atoms with Crippen LogP contribution in [0.2, 0.25) is 0 Å². The van der Waals surface area contributed by atoms with Gasteiger partial charge in [-0.1, -0.05) is 17.3 Å². The number of benzene rings is 2. The molecule has 0 saturated carbocycles. The van der Waals surface area contributed by atoms with Crippen LogP contribution in [0.25, 0.3) is 11.5 Å². The molecule has 2 aromatic carbocycles. The maximum atomic E-state index is 12.2. The van der Waals surface area contributed by atoms with Gasteiger partial charge in [-0.2, -0.15) is 13.8 Å². The van der Waals surface area contributed by atoms with Crippen LogP contribution in [0, 0.1) is 0 Å². The van der Waals surface area contributed by atoms with Gasteiger partial charge in [0.25, 0.3) is 5.89 Å². The van der Waals surface area contributed by atoms with Gasteiger partial charge in [-0.25, -0.2) is 0 Å². The molecular weight excluding hydrogens is 390 g/mol. The van der Waals surface area contributed by atoms with Crippen LogP contribution >= 0.6 is 12.4 Å². The van der Waals surface area contributed by atoms with E-state index in [9.17, 15) is 8.78 Å². The fraction of sp³-hybridized carbons (Fsp3) is 0.263. The molecule has 1 aromatic heterocycles. The zero-order valence-corrected chi connectivity index (χ0v) is 16.2. The Kier molecular flexibility index (Phi) is 7.71. The van der Waals surface area contributed by atoms with Crippen molar-refractivity contribution >= 4 is 23.8 Å². The predicted octanol–water partition coefficient (Wildman–Crippen LogP) is 4.65. The summed E-state index contributed by atoms with van der Waals surface area (Å²) in [6, 6.07) is 14.0. The monoisotopic (exact) mass is 410 g/mol. The summed E-state index contributed by atoms with van der Waals surface area (Å²) in [6.45, 7) is -0.811. The summed E-state index contributed by atoms with van der Waals surface area (Å²) in [6.07, 6.45) is 0.654. The van der Waals surface area contributed by atoms with E-state index in [1.54, 1.807) is 12.1 Å². The minimum atomic E-state index is -2.85. The van der Waals surface area contributed by atoms with E-state index in [0.717, 1.165) is 11.3 Å². The molecule has 0 aliphatic carbocycles. The molecule has 3 aromatic rings. The summed E-state index contributed by atoms with van der Waals surface area (Å²) in [7, 11) is 1.88. The Hall–Kier alpha value is -2.71. The van der Waals surface area contributed by atoms with Gasteiger partial charge in [0.15, 0.2) is 5.82 Å². The average Bonchev–Trinajstić information content (AvgIpc) is 3.11. The molecule has 0 spiro atoms. The van der Waals surface area contributed by atoms with Gasteiger partial charge < -0.3 is 19.9 Å². The van der Waals surface area contributed by atoms with Crippen molar-refractivity contribution in [3.63, 3.8) is 0 Å². The van der Waals surface area contributed by atoms with Crippen molar-refractivity contribution in [3.05, 3.63) is 54.4 Å². The highest BCUT2D eigenvalue weighted by Crippen LogP contribution is 2.30. The predicted molar refractivity (Wildman–Crippen MR) is 106 cm³/mol. The number of aromatic nitrogens is 2.